The van der Waals surface area contributed by atoms with Crippen molar-refractivity contribution in [3.63, 3.8) is 0 Å². The van der Waals surface area contributed by atoms with Crippen LogP contribution in [0.1, 0.15) is 31.7 Å². The maximum atomic E-state index is 12.4. The second-order valence-corrected chi connectivity index (χ2v) is 6.26. The molecule has 0 radical (unpaired) electrons. The molecule has 1 aromatic carbocycles. The number of aryl methyl sites for hydroxylation is 1. The van der Waals surface area contributed by atoms with Gasteiger partial charge in [-0.2, -0.15) is 0 Å². The van der Waals surface area contributed by atoms with Crippen molar-refractivity contribution in [2.24, 2.45) is 0 Å². The van der Waals surface area contributed by atoms with Crippen LogP contribution < -0.4 is 0 Å². The Hall–Kier alpha value is -1.35. The molecule has 0 aliphatic heterocycles. The molecule has 0 unspecified atom stereocenters. The zero-order valence-electron chi connectivity index (χ0n) is 11.0. The Balaban J connectivity index is 2.97. The van der Waals surface area contributed by atoms with Crippen LogP contribution in [-0.2, 0) is 9.84 Å². The van der Waals surface area contributed by atoms with E-state index in [4.69, 9.17) is 0 Å². The van der Waals surface area contributed by atoms with E-state index in [-0.39, 0.29) is 0 Å². The van der Waals surface area contributed by atoms with Crippen LogP contribution in [0.15, 0.2) is 52.8 Å². The fraction of sp³-hybridized carbons (Fsp3) is 0.333. The molecule has 0 saturated carbocycles. The number of rotatable bonds is 6. The molecule has 0 saturated heterocycles. The summed E-state index contributed by atoms with van der Waals surface area (Å²) in [6.45, 7) is 7.36. The first kappa shape index (κ1) is 14.7. The number of unbranched alkanes of at least 4 members (excludes halogenated alkanes) is 1. The fourth-order valence-electron chi connectivity index (χ4n) is 1.72. The predicted molar refractivity (Wildman–Crippen MR) is 76.2 cm³/mol. The van der Waals surface area contributed by atoms with Crippen molar-refractivity contribution in [2.45, 2.75) is 38.0 Å². The SMILES string of the molecule is C=CCCC/C(=C/C)S(=O)(=O)c1ccc(C)cc1. The maximum absolute atomic E-state index is 12.4. The zero-order valence-corrected chi connectivity index (χ0v) is 11.8. The third-order valence-corrected chi connectivity index (χ3v) is 4.85. The van der Waals surface area contributed by atoms with Gasteiger partial charge in [-0.15, -0.1) is 6.58 Å². The molecule has 0 amide bonds. The van der Waals surface area contributed by atoms with E-state index in [0.29, 0.717) is 16.2 Å². The van der Waals surface area contributed by atoms with Crippen LogP contribution in [0.2, 0.25) is 0 Å². The highest BCUT2D eigenvalue weighted by Gasteiger charge is 2.18. The fourth-order valence-corrected chi connectivity index (χ4v) is 3.24. The van der Waals surface area contributed by atoms with Gasteiger partial charge < -0.3 is 0 Å². The minimum atomic E-state index is -3.32. The van der Waals surface area contributed by atoms with Crippen molar-refractivity contribution in [3.05, 3.63) is 53.5 Å². The average molecular weight is 264 g/mol. The molecule has 0 aromatic heterocycles. The van der Waals surface area contributed by atoms with Gasteiger partial charge in [0.15, 0.2) is 0 Å². The lowest BCUT2D eigenvalue weighted by Crippen LogP contribution is -2.05. The smallest absolute Gasteiger partial charge is 0.202 e. The molecule has 2 nitrogen and oxygen atoms in total. The molecule has 1 aromatic rings. The van der Waals surface area contributed by atoms with E-state index < -0.39 is 9.84 Å². The van der Waals surface area contributed by atoms with Crippen molar-refractivity contribution in [1.82, 2.24) is 0 Å². The van der Waals surface area contributed by atoms with Crippen LogP contribution in [0, 0.1) is 6.92 Å². The summed E-state index contributed by atoms with van der Waals surface area (Å²) in [5.74, 6) is 0. The summed E-state index contributed by atoms with van der Waals surface area (Å²) in [5, 5.41) is 0. The molecule has 3 heteroatoms. The third kappa shape index (κ3) is 3.57. The lowest BCUT2D eigenvalue weighted by molar-refractivity contribution is 0.599. The van der Waals surface area contributed by atoms with E-state index in [9.17, 15) is 8.42 Å². The predicted octanol–water partition coefficient (Wildman–Crippen LogP) is 4.03. The van der Waals surface area contributed by atoms with E-state index in [1.807, 2.05) is 25.1 Å². The van der Waals surface area contributed by atoms with Crippen LogP contribution in [-0.4, -0.2) is 8.42 Å². The van der Waals surface area contributed by atoms with Gasteiger partial charge in [-0.1, -0.05) is 29.8 Å². The van der Waals surface area contributed by atoms with Crippen LogP contribution >= 0.6 is 0 Å². The van der Waals surface area contributed by atoms with Gasteiger partial charge in [-0.3, -0.25) is 0 Å². The van der Waals surface area contributed by atoms with E-state index in [0.717, 1.165) is 18.4 Å². The first-order chi connectivity index (χ1) is 8.52. The molecule has 0 spiro atoms. The number of allylic oxidation sites excluding steroid dienone is 3. The highest BCUT2D eigenvalue weighted by Crippen LogP contribution is 2.23. The zero-order chi connectivity index (χ0) is 13.6. The molecule has 0 heterocycles. The quantitative estimate of drug-likeness (QED) is 0.574. The second-order valence-electron chi connectivity index (χ2n) is 4.25. The van der Waals surface area contributed by atoms with Crippen LogP contribution in [0.4, 0.5) is 0 Å². The molecular formula is C15H20O2S. The summed E-state index contributed by atoms with van der Waals surface area (Å²) >= 11 is 0. The Bertz CT molecular complexity index is 522. The normalized spacial score (nSPS) is 12.4. The van der Waals surface area contributed by atoms with Crippen LogP contribution in [0.3, 0.4) is 0 Å². The number of hydrogen-bond donors (Lipinski definition) is 0. The van der Waals surface area contributed by atoms with Crippen LogP contribution in [0.5, 0.6) is 0 Å². The lowest BCUT2D eigenvalue weighted by atomic mass is 10.2. The highest BCUT2D eigenvalue weighted by atomic mass is 32.2. The Kier molecular flexibility index (Phi) is 5.35. The first-order valence-electron chi connectivity index (χ1n) is 6.10. The monoisotopic (exact) mass is 264 g/mol. The van der Waals surface area contributed by atoms with Crippen molar-refractivity contribution in [3.8, 4) is 0 Å². The molecule has 18 heavy (non-hydrogen) atoms. The first-order valence-corrected chi connectivity index (χ1v) is 7.58. The Morgan fingerprint density at radius 2 is 1.89 bits per heavy atom. The van der Waals surface area contributed by atoms with Gasteiger partial charge >= 0.3 is 0 Å². The number of sulfone groups is 1. The molecule has 0 atom stereocenters. The van der Waals surface area contributed by atoms with Crippen molar-refractivity contribution in [2.75, 3.05) is 0 Å². The summed E-state index contributed by atoms with van der Waals surface area (Å²) in [6, 6.07) is 6.98. The van der Waals surface area contributed by atoms with E-state index in [1.165, 1.54) is 0 Å². The van der Waals surface area contributed by atoms with Crippen molar-refractivity contribution >= 4 is 9.84 Å². The number of hydrogen-bond acceptors (Lipinski definition) is 2. The Labute approximate surface area is 110 Å². The Morgan fingerprint density at radius 1 is 1.28 bits per heavy atom. The topological polar surface area (TPSA) is 34.1 Å². The molecular weight excluding hydrogens is 244 g/mol. The van der Waals surface area contributed by atoms with Crippen molar-refractivity contribution in [1.29, 1.82) is 0 Å². The summed E-state index contributed by atoms with van der Waals surface area (Å²) < 4.78 is 24.7. The van der Waals surface area contributed by atoms with E-state index in [2.05, 4.69) is 6.58 Å². The van der Waals surface area contributed by atoms with Crippen molar-refractivity contribution < 1.29 is 8.42 Å². The number of benzene rings is 1. The van der Waals surface area contributed by atoms with Gasteiger partial charge in [0.25, 0.3) is 0 Å². The average Bonchev–Trinajstić information content (AvgIpc) is 2.35. The molecule has 0 N–H and O–H groups in total. The van der Waals surface area contributed by atoms with E-state index >= 15 is 0 Å². The van der Waals surface area contributed by atoms with Gasteiger partial charge in [0, 0.05) is 4.91 Å². The van der Waals surface area contributed by atoms with E-state index in [1.54, 1.807) is 25.1 Å². The van der Waals surface area contributed by atoms with Gasteiger partial charge in [0.05, 0.1) is 4.90 Å². The molecule has 1 rings (SSSR count). The Morgan fingerprint density at radius 3 is 2.39 bits per heavy atom. The molecule has 0 fully saturated rings. The second kappa shape index (κ2) is 6.55. The van der Waals surface area contributed by atoms with Gasteiger partial charge in [-0.05, 0) is 45.2 Å². The third-order valence-electron chi connectivity index (χ3n) is 2.83. The summed E-state index contributed by atoms with van der Waals surface area (Å²) in [5.41, 5.74) is 1.06. The molecule has 0 aliphatic carbocycles. The molecule has 0 aliphatic rings. The summed E-state index contributed by atoms with van der Waals surface area (Å²) in [7, 11) is -3.32. The van der Waals surface area contributed by atoms with Crippen LogP contribution in [0.25, 0.3) is 0 Å². The van der Waals surface area contributed by atoms with Gasteiger partial charge in [-0.25, -0.2) is 8.42 Å². The van der Waals surface area contributed by atoms with Gasteiger partial charge in [0.2, 0.25) is 9.84 Å². The van der Waals surface area contributed by atoms with Gasteiger partial charge in [0.1, 0.15) is 0 Å². The molecule has 98 valence electrons. The minimum absolute atomic E-state index is 0.375. The summed E-state index contributed by atoms with van der Waals surface area (Å²) in [4.78, 5) is 0.869. The minimum Gasteiger partial charge on any atom is -0.219 e. The maximum Gasteiger partial charge on any atom is 0.202 e. The lowest BCUT2D eigenvalue weighted by Gasteiger charge is -2.08. The summed E-state index contributed by atoms with van der Waals surface area (Å²) in [6.07, 6.45) is 5.72. The standard InChI is InChI=1S/C15H20O2S/c1-4-6-7-8-14(5-2)18(16,17)15-11-9-13(3)10-12-15/h4-5,9-12H,1,6-8H2,2-3H3/b14-5-. The highest BCUT2D eigenvalue weighted by molar-refractivity contribution is 7.95. The largest absolute Gasteiger partial charge is 0.219 e. The molecule has 0 bridgehead atoms.